The molecule has 0 saturated heterocycles. The number of rotatable bonds is 5. The molecule has 0 aromatic heterocycles. The van der Waals surface area contributed by atoms with Gasteiger partial charge in [-0.2, -0.15) is 0 Å². The average Bonchev–Trinajstić information content (AvgIpc) is 3.13. The van der Waals surface area contributed by atoms with Crippen LogP contribution in [0.3, 0.4) is 0 Å². The van der Waals surface area contributed by atoms with Gasteiger partial charge in [-0.15, -0.1) is 0 Å². The number of benzene rings is 1. The minimum Gasteiger partial charge on any atom is -0.497 e. The number of ketones is 1. The zero-order chi connectivity index (χ0) is 16.4. The number of carbonyl (C=O) groups is 1. The Balaban J connectivity index is 2.03. The summed E-state index contributed by atoms with van der Waals surface area (Å²) in [6.07, 6.45) is 6.21. The number of carbonyl (C=O) groups excluding carboxylic acids is 1. The molecule has 1 N–H and O–H groups in total. The second-order valence-electron chi connectivity index (χ2n) is 5.42. The van der Waals surface area contributed by atoms with Crippen LogP contribution in [0.5, 0.6) is 5.75 Å². The molecule has 1 aromatic carbocycles. The molecule has 0 radical (unpaired) electrons. The van der Waals surface area contributed by atoms with Crippen molar-refractivity contribution in [3.8, 4) is 5.75 Å². The molecule has 2 heterocycles. The highest BCUT2D eigenvalue weighted by atomic mass is 16.5. The minimum atomic E-state index is -0.386. The van der Waals surface area contributed by atoms with Crippen LogP contribution in [-0.2, 0) is 9.53 Å². The fourth-order valence-electron chi connectivity index (χ4n) is 2.48. The molecule has 0 spiro atoms. The maximum absolute atomic E-state index is 12.7. The number of methoxy groups -OCH3 is 1. The number of hydrogen-bond donors (Lipinski definition) is 1. The number of hydrogen-bond acceptors (Lipinski definition) is 6. The van der Waals surface area contributed by atoms with Crippen LogP contribution in [0.25, 0.3) is 5.70 Å². The molecule has 3 rings (SSSR count). The van der Waals surface area contributed by atoms with Gasteiger partial charge in [-0.25, -0.2) is 0 Å². The summed E-state index contributed by atoms with van der Waals surface area (Å²) >= 11 is 0. The topological polar surface area (TPSA) is 54.0 Å². The summed E-state index contributed by atoms with van der Waals surface area (Å²) in [5, 5.41) is 3.24. The molecule has 6 nitrogen and oxygen atoms in total. The van der Waals surface area contributed by atoms with E-state index >= 15 is 0 Å². The van der Waals surface area contributed by atoms with Crippen molar-refractivity contribution in [2.75, 3.05) is 21.2 Å². The van der Waals surface area contributed by atoms with Crippen LogP contribution in [0.2, 0.25) is 0 Å². The maximum Gasteiger partial charge on any atom is 0.254 e. The van der Waals surface area contributed by atoms with Crippen molar-refractivity contribution in [3.05, 3.63) is 60.3 Å². The number of nitrogens with one attached hydrogen (secondary N) is 1. The highest BCUT2D eigenvalue weighted by Gasteiger charge is 2.37. The minimum absolute atomic E-state index is 0.0957. The normalized spacial score (nSPS) is 18.9. The largest absolute Gasteiger partial charge is 0.497 e. The van der Waals surface area contributed by atoms with Gasteiger partial charge in [0.1, 0.15) is 17.7 Å². The predicted molar refractivity (Wildman–Crippen MR) is 86.7 cm³/mol. The van der Waals surface area contributed by atoms with Crippen molar-refractivity contribution in [1.82, 2.24) is 15.1 Å². The van der Waals surface area contributed by atoms with Crippen LogP contribution in [-0.4, -0.2) is 43.1 Å². The van der Waals surface area contributed by atoms with E-state index in [1.807, 2.05) is 43.3 Å². The first-order chi connectivity index (χ1) is 11.1. The number of fused-ring (bicyclic) bond motifs is 1. The Labute approximate surface area is 135 Å². The van der Waals surface area contributed by atoms with E-state index in [9.17, 15) is 4.79 Å². The molecule has 0 aliphatic carbocycles. The summed E-state index contributed by atoms with van der Waals surface area (Å²) in [6.45, 7) is 0. The lowest BCUT2D eigenvalue weighted by Gasteiger charge is -2.16. The maximum atomic E-state index is 12.7. The quantitative estimate of drug-likeness (QED) is 0.835. The van der Waals surface area contributed by atoms with Crippen molar-refractivity contribution in [2.45, 2.75) is 6.35 Å². The predicted octanol–water partition coefficient (Wildman–Crippen LogP) is 1.70. The van der Waals surface area contributed by atoms with E-state index in [0.717, 1.165) is 17.0 Å². The average molecular weight is 313 g/mol. The van der Waals surface area contributed by atoms with Crippen LogP contribution in [0.15, 0.2) is 54.7 Å². The lowest BCUT2D eigenvalue weighted by Crippen LogP contribution is -2.32. The molecule has 6 heteroatoms. The molecule has 2 aliphatic heterocycles. The van der Waals surface area contributed by atoms with Crippen molar-refractivity contribution >= 4 is 11.5 Å². The molecule has 0 unspecified atom stereocenters. The molecule has 0 saturated carbocycles. The Bertz CT molecular complexity index is 707. The number of allylic oxidation sites excluding steroid dienone is 1. The standard InChI is InChI=1S/C17H19N3O3/c1-19(2)8-7-14(21)16-15(18-17-20(16)9-10-23-17)12-5-4-6-13(11-12)22-3/h4-11,17-18H,1-3H3/b8-7+/t17-/m1/s1. The lowest BCUT2D eigenvalue weighted by molar-refractivity contribution is -0.112. The van der Waals surface area contributed by atoms with Gasteiger partial charge in [0.25, 0.3) is 6.35 Å². The third-order valence-corrected chi connectivity index (χ3v) is 3.56. The molecule has 23 heavy (non-hydrogen) atoms. The first kappa shape index (κ1) is 15.0. The van der Waals surface area contributed by atoms with Gasteiger partial charge in [-0.1, -0.05) is 12.1 Å². The first-order valence-electron chi connectivity index (χ1n) is 7.25. The fourth-order valence-corrected chi connectivity index (χ4v) is 2.48. The Morgan fingerprint density at radius 3 is 3.00 bits per heavy atom. The van der Waals surface area contributed by atoms with Gasteiger partial charge in [0.05, 0.1) is 12.8 Å². The van der Waals surface area contributed by atoms with Crippen LogP contribution in [0.4, 0.5) is 0 Å². The van der Waals surface area contributed by atoms with Gasteiger partial charge in [0.2, 0.25) is 5.78 Å². The monoisotopic (exact) mass is 313 g/mol. The van der Waals surface area contributed by atoms with E-state index in [4.69, 9.17) is 9.47 Å². The summed E-state index contributed by atoms with van der Waals surface area (Å²) in [4.78, 5) is 16.3. The zero-order valence-electron chi connectivity index (χ0n) is 13.3. The molecule has 0 amide bonds. The Morgan fingerprint density at radius 2 is 2.26 bits per heavy atom. The van der Waals surface area contributed by atoms with Crippen molar-refractivity contribution < 1.29 is 14.3 Å². The summed E-state index contributed by atoms with van der Waals surface area (Å²) < 4.78 is 10.7. The van der Waals surface area contributed by atoms with Gasteiger partial charge in [0.15, 0.2) is 0 Å². The third-order valence-electron chi connectivity index (χ3n) is 3.56. The van der Waals surface area contributed by atoms with E-state index < -0.39 is 0 Å². The molecule has 0 fully saturated rings. The third kappa shape index (κ3) is 2.88. The summed E-state index contributed by atoms with van der Waals surface area (Å²) in [7, 11) is 5.36. The molecule has 1 aromatic rings. The van der Waals surface area contributed by atoms with E-state index in [2.05, 4.69) is 5.32 Å². The van der Waals surface area contributed by atoms with Crippen molar-refractivity contribution in [3.63, 3.8) is 0 Å². The van der Waals surface area contributed by atoms with E-state index in [0.29, 0.717) is 5.70 Å². The molecule has 0 bridgehead atoms. The highest BCUT2D eigenvalue weighted by molar-refractivity contribution is 6.09. The molecule has 1 atom stereocenters. The van der Waals surface area contributed by atoms with Gasteiger partial charge >= 0.3 is 0 Å². The van der Waals surface area contributed by atoms with E-state index in [1.54, 1.807) is 36.7 Å². The zero-order valence-corrected chi connectivity index (χ0v) is 13.3. The van der Waals surface area contributed by atoms with Crippen LogP contribution >= 0.6 is 0 Å². The van der Waals surface area contributed by atoms with E-state index in [1.165, 1.54) is 0 Å². The van der Waals surface area contributed by atoms with Crippen molar-refractivity contribution in [2.24, 2.45) is 0 Å². The van der Waals surface area contributed by atoms with Gasteiger partial charge < -0.3 is 19.7 Å². The molecular weight excluding hydrogens is 294 g/mol. The molecular formula is C17H19N3O3. The summed E-state index contributed by atoms with van der Waals surface area (Å²) in [5.41, 5.74) is 2.15. The Kier molecular flexibility index (Phi) is 3.97. The summed E-state index contributed by atoms with van der Waals surface area (Å²) in [5.74, 6) is 0.637. The highest BCUT2D eigenvalue weighted by Crippen LogP contribution is 2.33. The van der Waals surface area contributed by atoms with E-state index in [-0.39, 0.29) is 12.1 Å². The summed E-state index contributed by atoms with van der Waals surface area (Å²) in [6, 6.07) is 7.57. The van der Waals surface area contributed by atoms with Gasteiger partial charge in [-0.3, -0.25) is 9.69 Å². The Morgan fingerprint density at radius 1 is 1.43 bits per heavy atom. The van der Waals surface area contributed by atoms with Crippen LogP contribution < -0.4 is 10.1 Å². The number of ether oxygens (including phenoxy) is 2. The molecule has 120 valence electrons. The Hall–Kier alpha value is -2.89. The number of nitrogens with zero attached hydrogens (tertiary/aromatic N) is 2. The van der Waals surface area contributed by atoms with Crippen LogP contribution in [0.1, 0.15) is 5.56 Å². The smallest absolute Gasteiger partial charge is 0.254 e. The van der Waals surface area contributed by atoms with Gasteiger partial charge in [-0.05, 0) is 12.1 Å². The SMILES string of the molecule is COc1cccc(C2=C(C(=O)/C=C/N(C)C)N3C=CO[C@@H]3N2)c1. The van der Waals surface area contributed by atoms with Gasteiger partial charge in [0, 0.05) is 38.1 Å². The van der Waals surface area contributed by atoms with Crippen LogP contribution in [0, 0.1) is 0 Å². The second-order valence-corrected chi connectivity index (χ2v) is 5.42. The van der Waals surface area contributed by atoms with Crippen molar-refractivity contribution in [1.29, 1.82) is 0 Å². The second kappa shape index (κ2) is 6.08. The lowest BCUT2D eigenvalue weighted by atomic mass is 10.1. The fraction of sp³-hybridized carbons (Fsp3) is 0.235. The molecule has 2 aliphatic rings. The first-order valence-corrected chi connectivity index (χ1v) is 7.25.